The molecule has 2 atom stereocenters. The Hall–Kier alpha value is -0.290. The van der Waals surface area contributed by atoms with E-state index in [-0.39, 0.29) is 28.8 Å². The molecule has 0 saturated carbocycles. The largest absolute Gasteiger partial charge is 0.393 e. The van der Waals surface area contributed by atoms with Crippen LogP contribution in [0, 0.1) is 11.8 Å². The van der Waals surface area contributed by atoms with Crippen LogP contribution in [0.25, 0.3) is 0 Å². The van der Waals surface area contributed by atoms with E-state index in [0.717, 1.165) is 5.75 Å². The van der Waals surface area contributed by atoms with Crippen molar-refractivity contribution in [3.63, 3.8) is 0 Å². The second-order valence-electron chi connectivity index (χ2n) is 3.99. The fraction of sp³-hybridized carbons (Fsp3) is 0.800. The van der Waals surface area contributed by atoms with Gasteiger partial charge in [-0.1, -0.05) is 26.1 Å². The topological polar surface area (TPSA) is 55.1 Å². The third kappa shape index (κ3) is 5.37. The van der Waals surface area contributed by atoms with Gasteiger partial charge in [-0.2, -0.15) is 11.8 Å². The minimum absolute atomic E-state index is 0.0564. The highest BCUT2D eigenvalue weighted by Gasteiger charge is 2.25. The average molecular weight is 248 g/mol. The normalized spacial score (nSPS) is 14.7. The molecule has 0 radical (unpaired) electrons. The minimum atomic E-state index is -0.357. The lowest BCUT2D eigenvalue weighted by molar-refractivity contribution is -0.124. The van der Waals surface area contributed by atoms with Crippen LogP contribution >= 0.6 is 24.0 Å². The number of hydrogen-bond donors (Lipinski definition) is 2. The van der Waals surface area contributed by atoms with Gasteiger partial charge in [-0.05, 0) is 19.1 Å². The summed E-state index contributed by atoms with van der Waals surface area (Å²) in [6.07, 6.45) is 2.01. The summed E-state index contributed by atoms with van der Waals surface area (Å²) in [5.74, 6) is 0.626. The number of thioether (sulfide) groups is 1. The molecule has 5 heteroatoms. The van der Waals surface area contributed by atoms with Crippen LogP contribution in [0.2, 0.25) is 0 Å². The smallest absolute Gasteiger partial charge is 0.230 e. The number of carbonyl (C=O) groups is 1. The van der Waals surface area contributed by atoms with Crippen LogP contribution in [0.4, 0.5) is 0 Å². The first-order valence-corrected chi connectivity index (χ1v) is 6.79. The quantitative estimate of drug-likeness (QED) is 0.698. The van der Waals surface area contributed by atoms with Gasteiger partial charge in [0.15, 0.2) is 0 Å². The van der Waals surface area contributed by atoms with Crippen LogP contribution < -0.4 is 11.1 Å². The Kier molecular flexibility index (Phi) is 6.92. The fourth-order valence-electron chi connectivity index (χ4n) is 1.38. The third-order valence-electron chi connectivity index (χ3n) is 2.06. The minimum Gasteiger partial charge on any atom is -0.393 e. The number of nitrogens with one attached hydrogen (secondary N) is 1. The van der Waals surface area contributed by atoms with Crippen LogP contribution in [0.15, 0.2) is 0 Å². The molecule has 0 bridgehead atoms. The Balaban J connectivity index is 4.33. The van der Waals surface area contributed by atoms with Gasteiger partial charge in [-0.3, -0.25) is 4.79 Å². The van der Waals surface area contributed by atoms with Crippen LogP contribution in [0.1, 0.15) is 20.8 Å². The van der Waals surface area contributed by atoms with Crippen LogP contribution in [0.3, 0.4) is 0 Å². The van der Waals surface area contributed by atoms with Crippen molar-refractivity contribution in [2.24, 2.45) is 17.6 Å². The summed E-state index contributed by atoms with van der Waals surface area (Å²) in [5, 5.41) is 2.92. The molecular formula is C10H20N2OS2. The van der Waals surface area contributed by atoms with Gasteiger partial charge in [0, 0.05) is 11.8 Å². The molecule has 1 amide bonds. The maximum atomic E-state index is 11.8. The van der Waals surface area contributed by atoms with E-state index in [1.54, 1.807) is 11.8 Å². The van der Waals surface area contributed by atoms with Crippen LogP contribution in [-0.2, 0) is 4.79 Å². The first-order chi connectivity index (χ1) is 6.90. The monoisotopic (exact) mass is 248 g/mol. The lowest BCUT2D eigenvalue weighted by Gasteiger charge is -2.21. The standard InChI is InChI=1S/C10H20N2OS2/c1-6(2)8(9(11)14)10(13)12-7(3)5-15-4/h6-8H,5H2,1-4H3,(H2,11,14)(H,12,13). The van der Waals surface area contributed by atoms with Gasteiger partial charge in [-0.15, -0.1) is 0 Å². The number of hydrogen-bond acceptors (Lipinski definition) is 3. The Bertz CT molecular complexity index is 231. The number of rotatable bonds is 6. The van der Waals surface area contributed by atoms with E-state index in [0.29, 0.717) is 0 Å². The number of thiocarbonyl (C=S) groups is 1. The van der Waals surface area contributed by atoms with Gasteiger partial charge in [0.25, 0.3) is 0 Å². The highest BCUT2D eigenvalue weighted by Crippen LogP contribution is 2.12. The number of nitrogens with two attached hydrogens (primary N) is 1. The average Bonchev–Trinajstić information content (AvgIpc) is 2.01. The molecule has 15 heavy (non-hydrogen) atoms. The second-order valence-corrected chi connectivity index (χ2v) is 5.37. The Morgan fingerprint density at radius 3 is 2.33 bits per heavy atom. The van der Waals surface area contributed by atoms with Crippen molar-refractivity contribution < 1.29 is 4.79 Å². The Morgan fingerprint density at radius 2 is 2.00 bits per heavy atom. The van der Waals surface area contributed by atoms with Crippen molar-refractivity contribution in [2.75, 3.05) is 12.0 Å². The molecule has 2 unspecified atom stereocenters. The zero-order valence-electron chi connectivity index (χ0n) is 9.74. The molecule has 0 heterocycles. The molecule has 0 fully saturated rings. The van der Waals surface area contributed by atoms with Crippen molar-refractivity contribution in [1.29, 1.82) is 0 Å². The first-order valence-electron chi connectivity index (χ1n) is 4.98. The summed E-state index contributed by atoms with van der Waals surface area (Å²) in [4.78, 5) is 12.1. The Morgan fingerprint density at radius 1 is 1.47 bits per heavy atom. The van der Waals surface area contributed by atoms with Crippen molar-refractivity contribution >= 4 is 34.9 Å². The van der Waals surface area contributed by atoms with Crippen LogP contribution in [-0.4, -0.2) is 28.9 Å². The first kappa shape index (κ1) is 14.7. The maximum absolute atomic E-state index is 11.8. The molecular weight excluding hydrogens is 228 g/mol. The van der Waals surface area contributed by atoms with Gasteiger partial charge >= 0.3 is 0 Å². The van der Waals surface area contributed by atoms with Crippen molar-refractivity contribution in [3.8, 4) is 0 Å². The number of carbonyl (C=O) groups excluding carboxylic acids is 1. The van der Waals surface area contributed by atoms with E-state index in [2.05, 4.69) is 5.32 Å². The van der Waals surface area contributed by atoms with E-state index in [1.807, 2.05) is 27.0 Å². The van der Waals surface area contributed by atoms with E-state index in [9.17, 15) is 4.79 Å². The van der Waals surface area contributed by atoms with E-state index in [4.69, 9.17) is 18.0 Å². The molecule has 88 valence electrons. The lowest BCUT2D eigenvalue weighted by atomic mass is 9.95. The zero-order valence-corrected chi connectivity index (χ0v) is 11.4. The predicted octanol–water partition coefficient (Wildman–Crippen LogP) is 1.41. The molecule has 0 aliphatic carbocycles. The summed E-state index contributed by atoms with van der Waals surface area (Å²) < 4.78 is 0. The molecule has 0 aromatic carbocycles. The van der Waals surface area contributed by atoms with Crippen LogP contribution in [0.5, 0.6) is 0 Å². The summed E-state index contributed by atoms with van der Waals surface area (Å²) in [6, 6.07) is 0.156. The molecule has 0 aromatic heterocycles. The SMILES string of the molecule is CSCC(C)NC(=O)C(C(N)=S)C(C)C. The van der Waals surface area contributed by atoms with Gasteiger partial charge in [0.1, 0.15) is 0 Å². The van der Waals surface area contributed by atoms with Crippen molar-refractivity contribution in [3.05, 3.63) is 0 Å². The second kappa shape index (κ2) is 7.06. The van der Waals surface area contributed by atoms with E-state index < -0.39 is 0 Å². The van der Waals surface area contributed by atoms with Crippen molar-refractivity contribution in [1.82, 2.24) is 5.32 Å². The summed E-state index contributed by atoms with van der Waals surface area (Å²) in [7, 11) is 0. The molecule has 0 rings (SSSR count). The summed E-state index contributed by atoms with van der Waals surface area (Å²) in [5.41, 5.74) is 5.55. The molecule has 0 saturated heterocycles. The Labute approximate surface area is 102 Å². The fourth-order valence-corrected chi connectivity index (χ4v) is 2.35. The van der Waals surface area contributed by atoms with Gasteiger partial charge in [0.2, 0.25) is 5.91 Å². The molecule has 0 aliphatic rings. The molecule has 0 spiro atoms. The number of amides is 1. The maximum Gasteiger partial charge on any atom is 0.230 e. The molecule has 0 aromatic rings. The molecule has 3 N–H and O–H groups in total. The highest BCUT2D eigenvalue weighted by molar-refractivity contribution is 7.98. The molecule has 0 aliphatic heterocycles. The van der Waals surface area contributed by atoms with Crippen molar-refractivity contribution in [2.45, 2.75) is 26.8 Å². The summed E-state index contributed by atoms with van der Waals surface area (Å²) >= 11 is 6.60. The van der Waals surface area contributed by atoms with Gasteiger partial charge < -0.3 is 11.1 Å². The zero-order chi connectivity index (χ0) is 12.0. The molecule has 3 nitrogen and oxygen atoms in total. The van der Waals surface area contributed by atoms with E-state index >= 15 is 0 Å². The van der Waals surface area contributed by atoms with Gasteiger partial charge in [0.05, 0.1) is 10.9 Å². The van der Waals surface area contributed by atoms with E-state index in [1.165, 1.54) is 0 Å². The highest BCUT2D eigenvalue weighted by atomic mass is 32.2. The third-order valence-corrected chi connectivity index (χ3v) is 3.15. The summed E-state index contributed by atoms with van der Waals surface area (Å²) in [6.45, 7) is 5.87. The predicted molar refractivity (Wildman–Crippen MR) is 71.1 cm³/mol. The lowest BCUT2D eigenvalue weighted by Crippen LogP contribution is -2.44. The van der Waals surface area contributed by atoms with Gasteiger partial charge in [-0.25, -0.2) is 0 Å².